The number of hydrogen-bond acceptors (Lipinski definition) is 4. The first kappa shape index (κ1) is 12.9. The lowest BCUT2D eigenvalue weighted by molar-refractivity contribution is -0.140. The van der Waals surface area contributed by atoms with Gasteiger partial charge in [-0.25, -0.2) is 4.98 Å². The number of alkyl halides is 3. The number of nitrogens with one attached hydrogen (secondary N) is 1. The van der Waals surface area contributed by atoms with E-state index in [9.17, 15) is 13.2 Å². The smallest absolute Gasteiger partial charge is 0.357 e. The van der Waals surface area contributed by atoms with Crippen LogP contribution in [0.2, 0.25) is 0 Å². The summed E-state index contributed by atoms with van der Waals surface area (Å²) in [6.07, 6.45) is -2.71. The average Bonchev–Trinajstić information content (AvgIpc) is 2.86. The molecule has 0 aliphatic carbocycles. The van der Waals surface area contributed by atoms with Gasteiger partial charge in [-0.3, -0.25) is 4.68 Å². The molecular formula is C10H11F3N4S. The van der Waals surface area contributed by atoms with Crippen LogP contribution in [-0.2, 0) is 19.8 Å². The minimum atomic E-state index is -4.39. The van der Waals surface area contributed by atoms with Crippen LogP contribution in [0.4, 0.5) is 18.3 Å². The monoisotopic (exact) mass is 276 g/mol. The van der Waals surface area contributed by atoms with Gasteiger partial charge in [0.1, 0.15) is 0 Å². The van der Waals surface area contributed by atoms with E-state index in [1.54, 1.807) is 10.9 Å². The molecule has 8 heteroatoms. The van der Waals surface area contributed by atoms with Gasteiger partial charge in [0.05, 0.1) is 6.20 Å². The molecule has 2 heterocycles. The van der Waals surface area contributed by atoms with E-state index >= 15 is 0 Å². The van der Waals surface area contributed by atoms with Gasteiger partial charge in [-0.15, -0.1) is 11.3 Å². The summed E-state index contributed by atoms with van der Waals surface area (Å²) >= 11 is 0.939. The van der Waals surface area contributed by atoms with Crippen molar-refractivity contribution in [3.05, 3.63) is 28.5 Å². The number of nitrogens with zero attached hydrogens (tertiary/aromatic N) is 3. The second kappa shape index (κ2) is 4.60. The van der Waals surface area contributed by atoms with Crippen LogP contribution in [-0.4, -0.2) is 14.8 Å². The number of anilines is 1. The van der Waals surface area contributed by atoms with E-state index in [0.717, 1.165) is 28.0 Å². The first-order valence-electron chi connectivity index (χ1n) is 5.12. The maximum atomic E-state index is 12.3. The fraction of sp³-hybridized carbons (Fsp3) is 0.400. The highest BCUT2D eigenvalue weighted by Gasteiger charge is 2.33. The molecular weight excluding hydrogens is 265 g/mol. The van der Waals surface area contributed by atoms with E-state index < -0.39 is 11.9 Å². The Balaban J connectivity index is 2.03. The minimum Gasteiger partial charge on any atom is -0.357 e. The third-order valence-corrected chi connectivity index (χ3v) is 3.36. The van der Waals surface area contributed by atoms with E-state index in [0.29, 0.717) is 6.54 Å². The fourth-order valence-electron chi connectivity index (χ4n) is 1.37. The van der Waals surface area contributed by atoms with Crippen molar-refractivity contribution in [1.82, 2.24) is 14.8 Å². The Morgan fingerprint density at radius 1 is 1.44 bits per heavy atom. The fourth-order valence-corrected chi connectivity index (χ4v) is 2.09. The number of aryl methyl sites for hydroxylation is 1. The van der Waals surface area contributed by atoms with Crippen molar-refractivity contribution in [2.24, 2.45) is 7.05 Å². The molecule has 0 amide bonds. The van der Waals surface area contributed by atoms with Gasteiger partial charge in [0.25, 0.3) is 0 Å². The average molecular weight is 276 g/mol. The summed E-state index contributed by atoms with van der Waals surface area (Å²) < 4.78 is 38.7. The van der Waals surface area contributed by atoms with Gasteiger partial charge in [-0.1, -0.05) is 0 Å². The van der Waals surface area contributed by atoms with Gasteiger partial charge < -0.3 is 5.32 Å². The van der Waals surface area contributed by atoms with Crippen molar-refractivity contribution in [3.8, 4) is 0 Å². The Morgan fingerprint density at radius 3 is 2.67 bits per heavy atom. The summed E-state index contributed by atoms with van der Waals surface area (Å²) in [7, 11) is 1.81. The van der Waals surface area contributed by atoms with Crippen molar-refractivity contribution < 1.29 is 13.2 Å². The lowest BCUT2D eigenvalue weighted by Gasteiger charge is -2.03. The number of halogens is 3. The topological polar surface area (TPSA) is 42.7 Å². The summed E-state index contributed by atoms with van der Waals surface area (Å²) in [5.41, 5.74) is 1.04. The first-order valence-corrected chi connectivity index (χ1v) is 6.00. The molecule has 18 heavy (non-hydrogen) atoms. The Hall–Kier alpha value is -1.57. The molecule has 0 saturated heterocycles. The molecule has 2 aromatic rings. The largest absolute Gasteiger partial charge is 0.434 e. The summed E-state index contributed by atoms with van der Waals surface area (Å²) in [4.78, 5) is 3.49. The van der Waals surface area contributed by atoms with Gasteiger partial charge in [0.2, 0.25) is 0 Å². The second-order valence-corrected chi connectivity index (χ2v) is 4.63. The van der Waals surface area contributed by atoms with Crippen LogP contribution in [0.15, 0.2) is 11.6 Å². The molecule has 0 unspecified atom stereocenters. The van der Waals surface area contributed by atoms with Crippen LogP contribution in [0.1, 0.15) is 17.0 Å². The number of hydrogen-bond donors (Lipinski definition) is 1. The Bertz CT molecular complexity index is 544. The third kappa shape index (κ3) is 2.63. The summed E-state index contributed by atoms with van der Waals surface area (Å²) in [5, 5.41) is 8.17. The van der Waals surface area contributed by atoms with Crippen molar-refractivity contribution in [3.63, 3.8) is 0 Å². The molecule has 0 aromatic carbocycles. The van der Waals surface area contributed by atoms with Crippen LogP contribution >= 0.6 is 11.3 Å². The maximum Gasteiger partial charge on any atom is 0.434 e. The zero-order chi connectivity index (χ0) is 13.3. The minimum absolute atomic E-state index is 0.255. The number of thiazole rings is 1. The second-order valence-electron chi connectivity index (χ2n) is 3.77. The van der Waals surface area contributed by atoms with Gasteiger partial charge >= 0.3 is 6.18 Å². The molecule has 0 atom stereocenters. The van der Waals surface area contributed by atoms with Gasteiger partial charge in [0.15, 0.2) is 10.8 Å². The predicted molar refractivity (Wildman–Crippen MR) is 62.4 cm³/mol. The van der Waals surface area contributed by atoms with E-state index in [1.807, 2.05) is 14.0 Å². The standard InChI is InChI=1S/C10H11F3N4S/c1-6-7(4-15-17(6)2)3-14-9-16-8(5-18-9)10(11,12)13/h4-5H,3H2,1-2H3,(H,14,16). The molecule has 1 N–H and O–H groups in total. The molecule has 0 spiro atoms. The SMILES string of the molecule is Cc1c(CNc2nc(C(F)(F)F)cs2)cnn1C. The molecule has 2 rings (SSSR count). The van der Waals surface area contributed by atoms with E-state index in [4.69, 9.17) is 0 Å². The molecule has 0 radical (unpaired) electrons. The number of rotatable bonds is 3. The van der Waals surface area contributed by atoms with Gasteiger partial charge in [-0.2, -0.15) is 18.3 Å². The normalized spacial score (nSPS) is 11.8. The van der Waals surface area contributed by atoms with Gasteiger partial charge in [-0.05, 0) is 6.92 Å². The number of aromatic nitrogens is 3. The molecule has 0 bridgehead atoms. The first-order chi connectivity index (χ1) is 8.38. The summed E-state index contributed by atoms with van der Waals surface area (Å²) in [6.45, 7) is 2.30. The zero-order valence-electron chi connectivity index (χ0n) is 9.75. The van der Waals surface area contributed by atoms with Crippen molar-refractivity contribution in [1.29, 1.82) is 0 Å². The van der Waals surface area contributed by atoms with Crippen molar-refractivity contribution in [2.75, 3.05) is 5.32 Å². The van der Waals surface area contributed by atoms with Crippen LogP contribution in [0.3, 0.4) is 0 Å². The van der Waals surface area contributed by atoms with Crippen molar-refractivity contribution >= 4 is 16.5 Å². The van der Waals surface area contributed by atoms with E-state index in [-0.39, 0.29) is 5.13 Å². The van der Waals surface area contributed by atoms with E-state index in [2.05, 4.69) is 15.4 Å². The van der Waals surface area contributed by atoms with Crippen LogP contribution in [0.5, 0.6) is 0 Å². The van der Waals surface area contributed by atoms with Crippen molar-refractivity contribution in [2.45, 2.75) is 19.6 Å². The van der Waals surface area contributed by atoms with Crippen LogP contribution < -0.4 is 5.32 Å². The molecule has 0 fully saturated rings. The molecule has 0 aliphatic heterocycles. The quantitative estimate of drug-likeness (QED) is 0.937. The molecule has 0 saturated carbocycles. The Morgan fingerprint density at radius 2 is 2.17 bits per heavy atom. The maximum absolute atomic E-state index is 12.3. The lowest BCUT2D eigenvalue weighted by atomic mass is 10.2. The predicted octanol–water partition coefficient (Wildman–Crippen LogP) is 2.82. The Labute approximate surface area is 105 Å². The Kier molecular flexibility index (Phi) is 3.29. The molecule has 98 valence electrons. The molecule has 2 aromatic heterocycles. The third-order valence-electron chi connectivity index (χ3n) is 2.56. The highest BCUT2D eigenvalue weighted by molar-refractivity contribution is 7.13. The highest BCUT2D eigenvalue weighted by atomic mass is 32.1. The summed E-state index contributed by atoms with van der Waals surface area (Å²) in [5.74, 6) is 0. The summed E-state index contributed by atoms with van der Waals surface area (Å²) in [6, 6.07) is 0. The molecule has 0 aliphatic rings. The van der Waals surface area contributed by atoms with Crippen LogP contribution in [0, 0.1) is 6.92 Å². The van der Waals surface area contributed by atoms with Crippen LogP contribution in [0.25, 0.3) is 0 Å². The zero-order valence-corrected chi connectivity index (χ0v) is 10.6. The highest BCUT2D eigenvalue weighted by Crippen LogP contribution is 2.31. The molecule has 4 nitrogen and oxygen atoms in total. The van der Waals surface area contributed by atoms with E-state index in [1.165, 1.54) is 0 Å². The lowest BCUT2D eigenvalue weighted by Crippen LogP contribution is -2.06. The van der Waals surface area contributed by atoms with Gasteiger partial charge in [0, 0.05) is 30.2 Å².